The topological polar surface area (TPSA) is 104 Å². The van der Waals surface area contributed by atoms with Gasteiger partial charge in [-0.15, -0.1) is 0 Å². The lowest BCUT2D eigenvalue weighted by atomic mass is 9.47. The molecule has 3 saturated carbocycles. The number of aliphatic hydroxyl groups excluding tert-OH is 2. The normalized spacial score (nSPS) is 36.0. The summed E-state index contributed by atoms with van der Waals surface area (Å²) in [6, 6.07) is 0. The minimum Gasteiger partial charge on any atom is -0.481 e. The predicted octanol–water partition coefficient (Wildman–Crippen LogP) is 6.78. The highest BCUT2D eigenvalue weighted by molar-refractivity contribution is 5.76. The number of carboxylic acids is 1. The van der Waals surface area contributed by atoms with Gasteiger partial charge >= 0.3 is 11.9 Å². The van der Waals surface area contributed by atoms with Crippen molar-refractivity contribution in [2.24, 2.45) is 46.3 Å². The molecule has 6 nitrogen and oxygen atoms in total. The molecular formula is C33H56O6. The SMILES string of the molecule is CC(C)CCCC(C)[C@H]1CC[C@H]2[C@@H]3CC=C4C[C@@H](OC(=O)CCC(=O)O)CC[C@]4(C)[C@H]3CC[C@]12C.OCCO. The highest BCUT2D eigenvalue weighted by Crippen LogP contribution is 2.67. The average Bonchev–Trinajstić information content (AvgIpc) is 3.25. The van der Waals surface area contributed by atoms with Crippen molar-refractivity contribution in [2.45, 2.75) is 124 Å². The van der Waals surface area contributed by atoms with Crippen LogP contribution in [0.1, 0.15) is 118 Å². The van der Waals surface area contributed by atoms with Gasteiger partial charge in [0.15, 0.2) is 0 Å². The summed E-state index contributed by atoms with van der Waals surface area (Å²) < 4.78 is 5.70. The van der Waals surface area contributed by atoms with Crippen LogP contribution in [0.15, 0.2) is 11.6 Å². The fourth-order valence-corrected chi connectivity index (χ4v) is 9.21. The molecule has 0 amide bonds. The Bertz CT molecular complexity index is 849. The molecule has 6 heteroatoms. The van der Waals surface area contributed by atoms with E-state index >= 15 is 0 Å². The van der Waals surface area contributed by atoms with E-state index in [2.05, 4.69) is 40.7 Å². The summed E-state index contributed by atoms with van der Waals surface area (Å²) in [5.41, 5.74) is 2.27. The Morgan fingerprint density at radius 3 is 2.33 bits per heavy atom. The number of hydrogen-bond acceptors (Lipinski definition) is 5. The minimum absolute atomic E-state index is 0.0236. The maximum Gasteiger partial charge on any atom is 0.306 e. The quantitative estimate of drug-likeness (QED) is 0.205. The fourth-order valence-electron chi connectivity index (χ4n) is 9.21. The molecule has 0 aliphatic heterocycles. The van der Waals surface area contributed by atoms with Crippen LogP contribution in [-0.4, -0.2) is 46.6 Å². The van der Waals surface area contributed by atoms with Crippen molar-refractivity contribution in [3.63, 3.8) is 0 Å². The maximum absolute atomic E-state index is 12.1. The molecule has 4 rings (SSSR count). The van der Waals surface area contributed by atoms with Crippen LogP contribution < -0.4 is 0 Å². The molecule has 0 aromatic carbocycles. The monoisotopic (exact) mass is 548 g/mol. The summed E-state index contributed by atoms with van der Waals surface area (Å²) in [5.74, 6) is 3.68. The van der Waals surface area contributed by atoms with Crippen LogP contribution in [0.2, 0.25) is 0 Å². The summed E-state index contributed by atoms with van der Waals surface area (Å²) in [6.45, 7) is 12.1. The number of aliphatic hydroxyl groups is 2. The van der Waals surface area contributed by atoms with Gasteiger partial charge < -0.3 is 20.1 Å². The van der Waals surface area contributed by atoms with Crippen molar-refractivity contribution in [3.8, 4) is 0 Å². The first-order chi connectivity index (χ1) is 18.5. The first-order valence-electron chi connectivity index (χ1n) is 15.8. The van der Waals surface area contributed by atoms with Gasteiger partial charge in [-0.2, -0.15) is 0 Å². The number of ether oxygens (including phenoxy) is 1. The number of hydrogen-bond donors (Lipinski definition) is 3. The van der Waals surface area contributed by atoms with E-state index in [9.17, 15) is 9.59 Å². The first-order valence-corrected chi connectivity index (χ1v) is 15.8. The largest absolute Gasteiger partial charge is 0.481 e. The Hall–Kier alpha value is -1.40. The van der Waals surface area contributed by atoms with Crippen molar-refractivity contribution in [2.75, 3.05) is 13.2 Å². The van der Waals surface area contributed by atoms with Gasteiger partial charge in [0.25, 0.3) is 0 Å². The molecule has 3 N–H and O–H groups in total. The van der Waals surface area contributed by atoms with Gasteiger partial charge in [-0.25, -0.2) is 0 Å². The minimum atomic E-state index is -0.942. The van der Waals surface area contributed by atoms with E-state index in [1.165, 1.54) is 56.9 Å². The third-order valence-corrected chi connectivity index (χ3v) is 11.2. The number of allylic oxidation sites excluding steroid dienone is 1. The zero-order valence-electron chi connectivity index (χ0n) is 25.3. The van der Waals surface area contributed by atoms with Crippen LogP contribution in [-0.2, 0) is 14.3 Å². The summed E-state index contributed by atoms with van der Waals surface area (Å²) in [4.78, 5) is 22.9. The van der Waals surface area contributed by atoms with E-state index in [-0.39, 0.29) is 43.5 Å². The second-order valence-corrected chi connectivity index (χ2v) is 14.0. The second-order valence-electron chi connectivity index (χ2n) is 14.0. The van der Waals surface area contributed by atoms with Crippen molar-refractivity contribution in [1.82, 2.24) is 0 Å². The maximum atomic E-state index is 12.1. The van der Waals surface area contributed by atoms with Crippen molar-refractivity contribution < 1.29 is 29.6 Å². The van der Waals surface area contributed by atoms with E-state index in [4.69, 9.17) is 20.1 Å². The molecule has 4 aliphatic rings. The number of esters is 1. The number of carboxylic acid groups (broad SMARTS) is 1. The van der Waals surface area contributed by atoms with Gasteiger partial charge in [-0.3, -0.25) is 9.59 Å². The van der Waals surface area contributed by atoms with Gasteiger partial charge in [-0.05, 0) is 91.3 Å². The van der Waals surface area contributed by atoms with E-state index in [0.29, 0.717) is 5.41 Å². The van der Waals surface area contributed by atoms with Crippen LogP contribution in [0.3, 0.4) is 0 Å². The summed E-state index contributed by atoms with van der Waals surface area (Å²) >= 11 is 0. The zero-order chi connectivity index (χ0) is 28.8. The highest BCUT2D eigenvalue weighted by atomic mass is 16.5. The number of rotatable bonds is 10. The van der Waals surface area contributed by atoms with Gasteiger partial charge in [-0.1, -0.05) is 65.5 Å². The number of carbonyl (C=O) groups is 2. The van der Waals surface area contributed by atoms with Gasteiger partial charge in [0.05, 0.1) is 26.1 Å². The Balaban J connectivity index is 0.000000983. The van der Waals surface area contributed by atoms with Crippen molar-refractivity contribution in [3.05, 3.63) is 11.6 Å². The molecule has 0 aromatic heterocycles. The molecule has 0 saturated heterocycles. The van der Waals surface area contributed by atoms with Gasteiger partial charge in [0.1, 0.15) is 6.10 Å². The predicted molar refractivity (Wildman–Crippen MR) is 154 cm³/mol. The molecular weight excluding hydrogens is 492 g/mol. The lowest BCUT2D eigenvalue weighted by Crippen LogP contribution is -2.51. The Labute approximate surface area is 237 Å². The smallest absolute Gasteiger partial charge is 0.306 e. The van der Waals surface area contributed by atoms with Crippen LogP contribution in [0.5, 0.6) is 0 Å². The molecule has 4 aliphatic carbocycles. The number of fused-ring (bicyclic) bond motifs is 5. The molecule has 224 valence electrons. The van der Waals surface area contributed by atoms with Crippen LogP contribution in [0.25, 0.3) is 0 Å². The summed E-state index contributed by atoms with van der Waals surface area (Å²) in [6.07, 6.45) is 16.0. The van der Waals surface area contributed by atoms with E-state index in [1.54, 1.807) is 0 Å². The Morgan fingerprint density at radius 2 is 1.69 bits per heavy atom. The Kier molecular flexibility index (Phi) is 11.5. The van der Waals surface area contributed by atoms with Crippen LogP contribution in [0, 0.1) is 46.3 Å². The number of aliphatic carboxylic acids is 1. The van der Waals surface area contributed by atoms with Gasteiger partial charge in [0, 0.05) is 6.42 Å². The first kappa shape index (κ1) is 32.1. The molecule has 1 unspecified atom stereocenters. The standard InChI is InChI=1S/C31H50O4.C2H6O2/c1-20(2)7-6-8-21(3)25-11-12-26-24-10-9-22-19-23(35-29(34)14-13-28(32)33)15-17-30(22,4)27(24)16-18-31(25,26)5;3-1-2-4/h9,20-21,23-27H,6-8,10-19H2,1-5H3,(H,32,33);3-4H,1-2H2/t21?,23-,24-,25+,26-,27-,30-,31+;/m0./s1. The summed E-state index contributed by atoms with van der Waals surface area (Å²) in [7, 11) is 0. The molecule has 0 heterocycles. The second kappa shape index (κ2) is 14.0. The van der Waals surface area contributed by atoms with Crippen molar-refractivity contribution >= 4 is 11.9 Å². The lowest BCUT2D eigenvalue weighted by Gasteiger charge is -2.58. The Morgan fingerprint density at radius 1 is 0.974 bits per heavy atom. The van der Waals surface area contributed by atoms with E-state index in [0.717, 1.165) is 54.8 Å². The molecule has 0 aromatic rings. The molecule has 8 atom stereocenters. The highest BCUT2D eigenvalue weighted by Gasteiger charge is 2.59. The third-order valence-electron chi connectivity index (χ3n) is 11.2. The molecule has 3 fully saturated rings. The van der Waals surface area contributed by atoms with E-state index in [1.807, 2.05) is 0 Å². The van der Waals surface area contributed by atoms with Crippen LogP contribution >= 0.6 is 0 Å². The van der Waals surface area contributed by atoms with E-state index < -0.39 is 5.97 Å². The molecule has 0 bridgehead atoms. The van der Waals surface area contributed by atoms with Crippen molar-refractivity contribution in [1.29, 1.82) is 0 Å². The fraction of sp³-hybridized carbons (Fsp3) is 0.879. The number of carbonyl (C=O) groups excluding carboxylic acids is 1. The average molecular weight is 549 g/mol. The lowest BCUT2D eigenvalue weighted by molar-refractivity contribution is -0.154. The molecule has 0 radical (unpaired) electrons. The third kappa shape index (κ3) is 7.47. The van der Waals surface area contributed by atoms with Gasteiger partial charge in [0.2, 0.25) is 0 Å². The molecule has 39 heavy (non-hydrogen) atoms. The molecule has 0 spiro atoms. The van der Waals surface area contributed by atoms with Crippen LogP contribution in [0.4, 0.5) is 0 Å². The zero-order valence-corrected chi connectivity index (χ0v) is 25.3. The summed E-state index contributed by atoms with van der Waals surface area (Å²) in [5, 5.41) is 24.1.